The molecule has 3 nitrogen and oxygen atoms in total. The minimum atomic E-state index is -0.123. The number of aliphatic hydroxyl groups is 1. The van der Waals surface area contributed by atoms with Gasteiger partial charge in [0.2, 0.25) is 0 Å². The van der Waals surface area contributed by atoms with E-state index >= 15 is 0 Å². The Balaban J connectivity index is 2.02. The highest BCUT2D eigenvalue weighted by atomic mass is 127. The smallest absolute Gasteiger partial charge is 0.252 e. The molecule has 0 saturated heterocycles. The van der Waals surface area contributed by atoms with Crippen molar-refractivity contribution in [3.8, 4) is 0 Å². The second kappa shape index (κ2) is 7.22. The van der Waals surface area contributed by atoms with Gasteiger partial charge >= 0.3 is 0 Å². The second-order valence-corrected chi connectivity index (χ2v) is 7.63. The van der Waals surface area contributed by atoms with Crippen LogP contribution in [-0.2, 0) is 0 Å². The number of hydrogen-bond acceptors (Lipinski definition) is 2. The number of nitrogens with one attached hydrogen (secondary N) is 1. The zero-order valence-electron chi connectivity index (χ0n) is 11.3. The van der Waals surface area contributed by atoms with Crippen LogP contribution in [0, 0.1) is 8.99 Å². The summed E-state index contributed by atoms with van der Waals surface area (Å²) < 4.78 is 1.84. The lowest BCUT2D eigenvalue weighted by Crippen LogP contribution is -2.41. The third-order valence-electron chi connectivity index (χ3n) is 4.05. The summed E-state index contributed by atoms with van der Waals surface area (Å²) in [5.41, 5.74) is 0.531. The normalized spacial score (nSPS) is 17.8. The van der Waals surface area contributed by atoms with E-state index in [-0.39, 0.29) is 17.9 Å². The average Bonchev–Trinajstić information content (AvgIpc) is 2.48. The maximum Gasteiger partial charge on any atom is 0.252 e. The first-order chi connectivity index (χ1) is 9.56. The maximum absolute atomic E-state index is 12.3. The van der Waals surface area contributed by atoms with Gasteiger partial charge in [-0.15, -0.1) is 0 Å². The molecule has 0 atom stereocenters. The largest absolute Gasteiger partial charge is 0.396 e. The standard InChI is InChI=1S/C15H19BrINO2/c16-13-5-4-11(17)8-12(13)14(20)18-9-15(10-19)6-2-1-3-7-15/h4-5,8,19H,1-3,6-7,9-10H2,(H,18,20). The van der Waals surface area contributed by atoms with Gasteiger partial charge in [-0.05, 0) is 69.6 Å². The van der Waals surface area contributed by atoms with Crippen LogP contribution in [-0.4, -0.2) is 24.2 Å². The SMILES string of the molecule is O=C(NCC1(CO)CCCCC1)c1cc(I)ccc1Br. The van der Waals surface area contributed by atoms with Crippen LogP contribution in [0.15, 0.2) is 22.7 Å². The Bertz CT molecular complexity index is 487. The van der Waals surface area contributed by atoms with Gasteiger partial charge in [-0.25, -0.2) is 0 Å². The molecule has 1 aromatic carbocycles. The molecule has 0 spiro atoms. The molecular formula is C15H19BrINO2. The molecule has 1 amide bonds. The first-order valence-corrected chi connectivity index (χ1v) is 8.78. The summed E-state index contributed by atoms with van der Waals surface area (Å²) in [6, 6.07) is 5.71. The Kier molecular flexibility index (Phi) is 5.86. The fourth-order valence-electron chi connectivity index (χ4n) is 2.73. The van der Waals surface area contributed by atoms with Crippen LogP contribution < -0.4 is 5.32 Å². The number of aliphatic hydroxyl groups excluding tert-OH is 1. The van der Waals surface area contributed by atoms with Gasteiger partial charge in [-0.2, -0.15) is 0 Å². The van der Waals surface area contributed by atoms with E-state index in [0.29, 0.717) is 12.1 Å². The number of amides is 1. The average molecular weight is 452 g/mol. The van der Waals surface area contributed by atoms with Crippen LogP contribution in [0.1, 0.15) is 42.5 Å². The molecule has 1 aliphatic rings. The lowest BCUT2D eigenvalue weighted by Gasteiger charge is -2.35. The maximum atomic E-state index is 12.3. The molecule has 0 heterocycles. The number of hydrogen-bond donors (Lipinski definition) is 2. The van der Waals surface area contributed by atoms with Crippen LogP contribution in [0.2, 0.25) is 0 Å². The third kappa shape index (κ3) is 3.95. The molecule has 0 bridgehead atoms. The van der Waals surface area contributed by atoms with E-state index in [9.17, 15) is 9.90 Å². The Morgan fingerprint density at radius 1 is 1.35 bits per heavy atom. The quantitative estimate of drug-likeness (QED) is 0.685. The zero-order chi connectivity index (χ0) is 14.6. The third-order valence-corrected chi connectivity index (χ3v) is 5.41. The molecule has 1 aromatic rings. The van der Waals surface area contributed by atoms with E-state index in [1.54, 1.807) is 0 Å². The number of carbonyl (C=O) groups excluding carboxylic acids is 1. The van der Waals surface area contributed by atoms with E-state index in [1.165, 1.54) is 6.42 Å². The minimum Gasteiger partial charge on any atom is -0.396 e. The van der Waals surface area contributed by atoms with Gasteiger partial charge in [-0.1, -0.05) is 19.3 Å². The molecule has 20 heavy (non-hydrogen) atoms. The molecule has 0 radical (unpaired) electrons. The zero-order valence-corrected chi connectivity index (χ0v) is 15.0. The van der Waals surface area contributed by atoms with Crippen molar-refractivity contribution in [2.24, 2.45) is 5.41 Å². The molecule has 1 aliphatic carbocycles. The van der Waals surface area contributed by atoms with Gasteiger partial charge < -0.3 is 10.4 Å². The summed E-state index contributed by atoms with van der Waals surface area (Å²) in [5.74, 6) is -0.0752. The monoisotopic (exact) mass is 451 g/mol. The molecule has 0 aliphatic heterocycles. The predicted octanol–water partition coefficient (Wildman–Crippen LogP) is 3.73. The fourth-order valence-corrected chi connectivity index (χ4v) is 3.64. The molecule has 0 aromatic heterocycles. The van der Waals surface area contributed by atoms with Gasteiger partial charge in [0.05, 0.1) is 12.2 Å². The summed E-state index contributed by atoms with van der Waals surface area (Å²) in [4.78, 5) is 12.3. The number of rotatable bonds is 4. The summed E-state index contributed by atoms with van der Waals surface area (Å²) in [6.45, 7) is 0.709. The van der Waals surface area contributed by atoms with Gasteiger partial charge in [0.25, 0.3) is 5.91 Å². The minimum absolute atomic E-state index is 0.0752. The molecule has 0 unspecified atom stereocenters. The highest BCUT2D eigenvalue weighted by Crippen LogP contribution is 2.35. The Morgan fingerprint density at radius 3 is 2.70 bits per heavy atom. The van der Waals surface area contributed by atoms with Gasteiger partial charge in [-0.3, -0.25) is 4.79 Å². The Morgan fingerprint density at radius 2 is 2.05 bits per heavy atom. The van der Waals surface area contributed by atoms with Crippen molar-refractivity contribution in [3.05, 3.63) is 31.8 Å². The van der Waals surface area contributed by atoms with Crippen LogP contribution in [0.3, 0.4) is 0 Å². The van der Waals surface area contributed by atoms with E-state index in [0.717, 1.165) is 33.7 Å². The Hall–Kier alpha value is -0.140. The first-order valence-electron chi connectivity index (χ1n) is 6.90. The van der Waals surface area contributed by atoms with Crippen molar-refractivity contribution < 1.29 is 9.90 Å². The van der Waals surface area contributed by atoms with Gasteiger partial charge in [0, 0.05) is 20.0 Å². The van der Waals surface area contributed by atoms with Crippen LogP contribution >= 0.6 is 38.5 Å². The topological polar surface area (TPSA) is 49.3 Å². The summed E-state index contributed by atoms with van der Waals surface area (Å²) in [7, 11) is 0. The van der Waals surface area contributed by atoms with Crippen molar-refractivity contribution in [2.75, 3.05) is 13.2 Å². The first kappa shape index (κ1) is 16.2. The molecule has 5 heteroatoms. The van der Waals surface area contributed by atoms with Crippen molar-refractivity contribution in [2.45, 2.75) is 32.1 Å². The van der Waals surface area contributed by atoms with Crippen LogP contribution in [0.4, 0.5) is 0 Å². The van der Waals surface area contributed by atoms with Crippen molar-refractivity contribution in [1.82, 2.24) is 5.32 Å². The van der Waals surface area contributed by atoms with E-state index in [4.69, 9.17) is 0 Å². The molecular weight excluding hydrogens is 433 g/mol. The van der Waals surface area contributed by atoms with E-state index in [2.05, 4.69) is 43.8 Å². The van der Waals surface area contributed by atoms with Crippen molar-refractivity contribution in [1.29, 1.82) is 0 Å². The molecule has 2 N–H and O–H groups in total. The van der Waals surface area contributed by atoms with E-state index in [1.807, 2.05) is 18.2 Å². The molecule has 110 valence electrons. The molecule has 1 fully saturated rings. The highest BCUT2D eigenvalue weighted by Gasteiger charge is 2.31. The number of benzene rings is 1. The lowest BCUT2D eigenvalue weighted by atomic mass is 9.74. The van der Waals surface area contributed by atoms with Crippen LogP contribution in [0.25, 0.3) is 0 Å². The lowest BCUT2D eigenvalue weighted by molar-refractivity contribution is 0.0717. The summed E-state index contributed by atoms with van der Waals surface area (Å²) >= 11 is 5.61. The number of halogens is 2. The molecule has 2 rings (SSSR count). The highest BCUT2D eigenvalue weighted by molar-refractivity contribution is 14.1. The Labute approximate surface area is 141 Å². The summed E-state index contributed by atoms with van der Waals surface area (Å²) in [6.07, 6.45) is 5.51. The second-order valence-electron chi connectivity index (χ2n) is 5.53. The predicted molar refractivity (Wildman–Crippen MR) is 91.8 cm³/mol. The van der Waals surface area contributed by atoms with E-state index < -0.39 is 0 Å². The fraction of sp³-hybridized carbons (Fsp3) is 0.533. The van der Waals surface area contributed by atoms with Gasteiger partial charge in [0.15, 0.2) is 0 Å². The van der Waals surface area contributed by atoms with Gasteiger partial charge in [0.1, 0.15) is 0 Å². The van der Waals surface area contributed by atoms with Crippen LogP contribution in [0.5, 0.6) is 0 Å². The van der Waals surface area contributed by atoms with Crippen molar-refractivity contribution in [3.63, 3.8) is 0 Å². The van der Waals surface area contributed by atoms with Crippen molar-refractivity contribution >= 4 is 44.4 Å². The molecule has 1 saturated carbocycles. The number of carbonyl (C=O) groups is 1. The summed E-state index contributed by atoms with van der Waals surface area (Å²) in [5, 5.41) is 12.7.